The lowest BCUT2D eigenvalue weighted by Gasteiger charge is -2.58. The Morgan fingerprint density at radius 1 is 1.17 bits per heavy atom. The number of ether oxygens (including phenoxy) is 1. The zero-order valence-electron chi connectivity index (χ0n) is 20.9. The van der Waals surface area contributed by atoms with Crippen molar-refractivity contribution in [2.45, 2.75) is 76.9 Å². The number of amides is 1. The molecule has 4 bridgehead atoms. The minimum Gasteiger partial charge on any atom is -0.481 e. The largest absolute Gasteiger partial charge is 0.481 e. The van der Waals surface area contributed by atoms with E-state index in [1.165, 1.54) is 0 Å². The Morgan fingerprint density at radius 2 is 1.86 bits per heavy atom. The molecule has 1 aromatic heterocycles. The van der Waals surface area contributed by atoms with Gasteiger partial charge in [0, 0.05) is 19.1 Å². The number of hydrogen-bond donors (Lipinski definition) is 3. The monoisotopic (exact) mass is 485 g/mol. The van der Waals surface area contributed by atoms with Gasteiger partial charge in [0.1, 0.15) is 11.4 Å². The van der Waals surface area contributed by atoms with Crippen molar-refractivity contribution in [2.24, 2.45) is 29.6 Å². The Kier molecular flexibility index (Phi) is 6.68. The van der Waals surface area contributed by atoms with Gasteiger partial charge in [0.2, 0.25) is 5.88 Å². The summed E-state index contributed by atoms with van der Waals surface area (Å²) < 4.78 is 6.05. The van der Waals surface area contributed by atoms with Gasteiger partial charge in [-0.15, -0.1) is 0 Å². The van der Waals surface area contributed by atoms with E-state index in [1.807, 2.05) is 6.07 Å². The van der Waals surface area contributed by atoms with Crippen LogP contribution in [-0.4, -0.2) is 58.4 Å². The minimum absolute atomic E-state index is 0.0950. The Bertz CT molecular complexity index is 942. The molecule has 5 aliphatic rings. The zero-order valence-corrected chi connectivity index (χ0v) is 20.9. The van der Waals surface area contributed by atoms with Gasteiger partial charge in [-0.2, -0.15) is 4.98 Å². The summed E-state index contributed by atoms with van der Waals surface area (Å²) in [5, 5.41) is 23.5. The number of carboxylic acids is 1. The van der Waals surface area contributed by atoms with Crippen molar-refractivity contribution in [3.8, 4) is 5.88 Å². The van der Waals surface area contributed by atoms with Crippen molar-refractivity contribution >= 4 is 17.7 Å². The smallest absolute Gasteiger partial charge is 0.306 e. The third-order valence-corrected chi connectivity index (χ3v) is 8.73. The molecule has 2 atom stereocenters. The van der Waals surface area contributed by atoms with Gasteiger partial charge in [-0.1, -0.05) is 13.8 Å². The maximum atomic E-state index is 13.5. The van der Waals surface area contributed by atoms with Crippen molar-refractivity contribution in [2.75, 3.05) is 24.6 Å². The van der Waals surface area contributed by atoms with E-state index in [2.05, 4.69) is 24.1 Å². The first-order valence-electron chi connectivity index (χ1n) is 13.4. The number of nitrogens with zero attached hydrogens (tertiary/aromatic N) is 2. The number of nitrogens with one attached hydrogen (secondary N) is 1. The second kappa shape index (κ2) is 9.60. The highest BCUT2D eigenvalue weighted by atomic mass is 16.5. The molecular formula is C27H39N3O5. The third kappa shape index (κ3) is 5.13. The van der Waals surface area contributed by atoms with Crippen molar-refractivity contribution in [1.29, 1.82) is 0 Å². The summed E-state index contributed by atoms with van der Waals surface area (Å²) in [6.07, 6.45) is 6.70. The van der Waals surface area contributed by atoms with E-state index in [0.29, 0.717) is 67.7 Å². The number of rotatable bonds is 8. The zero-order chi connectivity index (χ0) is 24.7. The van der Waals surface area contributed by atoms with Gasteiger partial charge in [-0.25, -0.2) is 0 Å². The van der Waals surface area contributed by atoms with E-state index in [9.17, 15) is 19.8 Å². The van der Waals surface area contributed by atoms with Gasteiger partial charge in [0.25, 0.3) is 5.91 Å². The maximum Gasteiger partial charge on any atom is 0.306 e. The topological polar surface area (TPSA) is 112 Å². The molecule has 4 aliphatic carbocycles. The Labute approximate surface area is 207 Å². The number of pyridine rings is 1. The van der Waals surface area contributed by atoms with Crippen LogP contribution in [0.1, 0.15) is 75.6 Å². The maximum absolute atomic E-state index is 13.5. The fraction of sp³-hybridized carbons (Fsp3) is 0.741. The van der Waals surface area contributed by atoms with E-state index in [4.69, 9.17) is 9.72 Å². The van der Waals surface area contributed by atoms with E-state index in [-0.39, 0.29) is 17.9 Å². The second-order valence-electron chi connectivity index (χ2n) is 11.8. The molecule has 0 spiro atoms. The number of anilines is 1. The lowest BCUT2D eigenvalue weighted by atomic mass is 9.52. The minimum atomic E-state index is -0.737. The van der Waals surface area contributed by atoms with Crippen LogP contribution in [0.5, 0.6) is 5.88 Å². The quantitative estimate of drug-likeness (QED) is 0.517. The fourth-order valence-electron chi connectivity index (χ4n) is 7.08. The standard InChI is InChI=1S/C27H39N3O5/c1-16(2)7-10-35-25-21(3-4-22(28-25)30-8-5-18(6-9-30)26(32)33)24(31)29-23-19-11-17-12-20(23)15-27(34,13-17)14-19/h3-4,16-20,23,34H,5-15H2,1-2H3,(H,29,31)(H,32,33). The molecule has 8 heteroatoms. The van der Waals surface area contributed by atoms with Crippen molar-refractivity contribution in [3.63, 3.8) is 0 Å². The number of carbonyl (C=O) groups excluding carboxylic acids is 1. The van der Waals surface area contributed by atoms with E-state index in [1.54, 1.807) is 6.07 Å². The first kappa shape index (κ1) is 24.3. The molecule has 35 heavy (non-hydrogen) atoms. The molecule has 6 rings (SSSR count). The summed E-state index contributed by atoms with van der Waals surface area (Å²) in [5.41, 5.74) is -0.0782. The van der Waals surface area contributed by atoms with E-state index < -0.39 is 11.6 Å². The van der Waals surface area contributed by atoms with Crippen LogP contribution in [0.4, 0.5) is 5.82 Å². The molecule has 1 aromatic rings. The normalized spacial score (nSPS) is 32.2. The molecule has 0 radical (unpaired) electrons. The molecule has 1 amide bonds. The van der Waals surface area contributed by atoms with Gasteiger partial charge in [-0.3, -0.25) is 9.59 Å². The summed E-state index contributed by atoms with van der Waals surface area (Å²) in [7, 11) is 0. The molecule has 2 heterocycles. The Hall–Kier alpha value is -2.35. The van der Waals surface area contributed by atoms with E-state index >= 15 is 0 Å². The predicted octanol–water partition coefficient (Wildman–Crippen LogP) is 3.48. The van der Waals surface area contributed by atoms with Gasteiger partial charge < -0.3 is 25.2 Å². The SMILES string of the molecule is CC(C)CCOc1nc(N2CCC(C(=O)O)CC2)ccc1C(=O)NC1C2CC3CC1CC(O)(C3)C2. The Morgan fingerprint density at radius 3 is 2.46 bits per heavy atom. The second-order valence-corrected chi connectivity index (χ2v) is 11.8. The van der Waals surface area contributed by atoms with Crippen molar-refractivity contribution in [3.05, 3.63) is 17.7 Å². The van der Waals surface area contributed by atoms with E-state index in [0.717, 1.165) is 44.3 Å². The molecule has 8 nitrogen and oxygen atoms in total. The molecule has 5 fully saturated rings. The van der Waals surface area contributed by atoms with Crippen LogP contribution in [-0.2, 0) is 4.79 Å². The van der Waals surface area contributed by atoms with Gasteiger partial charge in [-0.05, 0) is 87.2 Å². The van der Waals surface area contributed by atoms with Crippen LogP contribution in [0.15, 0.2) is 12.1 Å². The number of aliphatic hydroxyl groups is 1. The summed E-state index contributed by atoms with van der Waals surface area (Å²) in [6, 6.07) is 3.75. The number of piperidine rings is 1. The fourth-order valence-corrected chi connectivity index (χ4v) is 7.08. The number of aromatic nitrogens is 1. The average Bonchev–Trinajstić information content (AvgIpc) is 2.80. The molecule has 0 aromatic carbocycles. The molecule has 2 unspecified atom stereocenters. The van der Waals surface area contributed by atoms with Crippen molar-refractivity contribution < 1.29 is 24.5 Å². The molecular weight excluding hydrogens is 446 g/mol. The average molecular weight is 486 g/mol. The summed E-state index contributed by atoms with van der Waals surface area (Å²) in [5.74, 6) is 1.61. The summed E-state index contributed by atoms with van der Waals surface area (Å²) in [4.78, 5) is 31.6. The molecule has 192 valence electrons. The lowest BCUT2D eigenvalue weighted by molar-refractivity contribution is -0.142. The van der Waals surface area contributed by atoms with Crippen LogP contribution < -0.4 is 15.0 Å². The van der Waals surface area contributed by atoms with Crippen LogP contribution in [0, 0.1) is 29.6 Å². The predicted molar refractivity (Wildman–Crippen MR) is 132 cm³/mol. The van der Waals surface area contributed by atoms with Crippen LogP contribution in [0.2, 0.25) is 0 Å². The Balaban J connectivity index is 1.31. The van der Waals surface area contributed by atoms with Crippen LogP contribution in [0.3, 0.4) is 0 Å². The summed E-state index contributed by atoms with van der Waals surface area (Å²) >= 11 is 0. The number of hydrogen-bond acceptors (Lipinski definition) is 6. The lowest BCUT2D eigenvalue weighted by Crippen LogP contribution is -2.61. The highest BCUT2D eigenvalue weighted by molar-refractivity contribution is 5.97. The number of aliphatic carboxylic acids is 1. The van der Waals surface area contributed by atoms with Gasteiger partial charge in [0.05, 0.1) is 18.1 Å². The van der Waals surface area contributed by atoms with Crippen molar-refractivity contribution in [1.82, 2.24) is 10.3 Å². The number of carboxylic acid groups (broad SMARTS) is 1. The van der Waals surface area contributed by atoms with Gasteiger partial charge >= 0.3 is 5.97 Å². The number of carbonyl (C=O) groups is 2. The third-order valence-electron chi connectivity index (χ3n) is 8.73. The first-order valence-corrected chi connectivity index (χ1v) is 13.4. The molecule has 1 saturated heterocycles. The summed E-state index contributed by atoms with van der Waals surface area (Å²) in [6.45, 7) is 5.99. The van der Waals surface area contributed by atoms with Crippen LogP contribution >= 0.6 is 0 Å². The molecule has 3 N–H and O–H groups in total. The highest BCUT2D eigenvalue weighted by Gasteiger charge is 2.55. The van der Waals surface area contributed by atoms with Crippen LogP contribution in [0.25, 0.3) is 0 Å². The molecule has 1 aliphatic heterocycles. The molecule has 4 saturated carbocycles. The van der Waals surface area contributed by atoms with Gasteiger partial charge in [0.15, 0.2) is 0 Å². The first-order chi connectivity index (χ1) is 16.7. The highest BCUT2D eigenvalue weighted by Crippen LogP contribution is 2.55.